The molecule has 0 bridgehead atoms. The molecule has 0 radical (unpaired) electrons. The summed E-state index contributed by atoms with van der Waals surface area (Å²) in [6.45, 7) is 0.179. The van der Waals surface area contributed by atoms with Crippen molar-refractivity contribution in [2.45, 2.75) is 6.42 Å². The van der Waals surface area contributed by atoms with E-state index in [-0.39, 0.29) is 24.4 Å². The number of benzene rings is 2. The molecule has 0 saturated carbocycles. The zero-order valence-corrected chi connectivity index (χ0v) is 12.9. The number of halogens is 2. The van der Waals surface area contributed by atoms with E-state index >= 15 is 0 Å². The molecule has 1 amide bonds. The van der Waals surface area contributed by atoms with Gasteiger partial charge in [0.05, 0.1) is 14.2 Å². The smallest absolute Gasteiger partial charge is 0.251 e. The van der Waals surface area contributed by atoms with Crippen LogP contribution < -0.4 is 14.8 Å². The first kappa shape index (κ1) is 16.7. The minimum Gasteiger partial charge on any atom is -0.497 e. The van der Waals surface area contributed by atoms with Crippen molar-refractivity contribution in [3.05, 3.63) is 59.2 Å². The molecule has 4 nitrogen and oxygen atoms in total. The van der Waals surface area contributed by atoms with Crippen LogP contribution in [0.2, 0.25) is 0 Å². The van der Waals surface area contributed by atoms with Crippen LogP contribution in [0.25, 0.3) is 0 Å². The summed E-state index contributed by atoms with van der Waals surface area (Å²) >= 11 is 0. The molecule has 2 rings (SSSR count). The Kier molecular flexibility index (Phi) is 5.51. The molecule has 0 unspecified atom stereocenters. The monoisotopic (exact) mass is 321 g/mol. The molecule has 0 spiro atoms. The molecular weight excluding hydrogens is 304 g/mol. The molecule has 2 aromatic carbocycles. The van der Waals surface area contributed by atoms with Crippen molar-refractivity contribution in [2.75, 3.05) is 20.8 Å². The normalized spacial score (nSPS) is 10.3. The van der Waals surface area contributed by atoms with Gasteiger partial charge in [-0.05, 0) is 42.3 Å². The second kappa shape index (κ2) is 7.58. The summed E-state index contributed by atoms with van der Waals surface area (Å²) in [6, 6.07) is 8.04. The van der Waals surface area contributed by atoms with Crippen LogP contribution in [0.5, 0.6) is 11.5 Å². The molecule has 0 atom stereocenters. The van der Waals surface area contributed by atoms with E-state index in [1.807, 2.05) is 0 Å². The van der Waals surface area contributed by atoms with Crippen molar-refractivity contribution in [3.63, 3.8) is 0 Å². The molecule has 122 valence electrons. The van der Waals surface area contributed by atoms with Crippen molar-refractivity contribution in [3.8, 4) is 11.5 Å². The molecule has 0 heterocycles. The summed E-state index contributed by atoms with van der Waals surface area (Å²) in [5.41, 5.74) is 0.578. The third-order valence-electron chi connectivity index (χ3n) is 3.30. The molecule has 0 aliphatic rings. The van der Waals surface area contributed by atoms with Crippen molar-refractivity contribution in [2.24, 2.45) is 0 Å². The van der Waals surface area contributed by atoms with Gasteiger partial charge in [-0.25, -0.2) is 8.78 Å². The van der Waals surface area contributed by atoms with E-state index in [4.69, 9.17) is 9.47 Å². The summed E-state index contributed by atoms with van der Waals surface area (Å²) in [4.78, 5) is 12.1. The van der Waals surface area contributed by atoms with Crippen molar-refractivity contribution < 1.29 is 23.0 Å². The van der Waals surface area contributed by atoms with Gasteiger partial charge in [-0.1, -0.05) is 0 Å². The first-order valence-corrected chi connectivity index (χ1v) is 6.98. The van der Waals surface area contributed by atoms with Gasteiger partial charge in [0.15, 0.2) is 0 Å². The van der Waals surface area contributed by atoms with E-state index in [0.717, 1.165) is 18.2 Å². The third kappa shape index (κ3) is 4.42. The van der Waals surface area contributed by atoms with Crippen LogP contribution in [0.1, 0.15) is 15.9 Å². The van der Waals surface area contributed by atoms with Gasteiger partial charge in [0.1, 0.15) is 23.1 Å². The Morgan fingerprint density at radius 3 is 2.30 bits per heavy atom. The third-order valence-corrected chi connectivity index (χ3v) is 3.30. The highest BCUT2D eigenvalue weighted by Crippen LogP contribution is 2.22. The molecule has 0 aliphatic heterocycles. The lowest BCUT2D eigenvalue weighted by Crippen LogP contribution is -2.26. The average molecular weight is 321 g/mol. The van der Waals surface area contributed by atoms with E-state index < -0.39 is 11.6 Å². The Labute approximate surface area is 133 Å². The fourth-order valence-electron chi connectivity index (χ4n) is 2.09. The zero-order valence-electron chi connectivity index (χ0n) is 12.9. The van der Waals surface area contributed by atoms with Gasteiger partial charge >= 0.3 is 0 Å². The van der Waals surface area contributed by atoms with Crippen molar-refractivity contribution >= 4 is 5.91 Å². The molecule has 23 heavy (non-hydrogen) atoms. The molecule has 6 heteroatoms. The van der Waals surface area contributed by atoms with Crippen LogP contribution in [0.3, 0.4) is 0 Å². The highest BCUT2D eigenvalue weighted by atomic mass is 19.1. The number of ether oxygens (including phenoxy) is 2. The Bertz CT molecular complexity index is 682. The number of nitrogens with one attached hydrogen (secondary N) is 1. The Morgan fingerprint density at radius 2 is 1.70 bits per heavy atom. The molecular formula is C17H17F2NO3. The van der Waals surface area contributed by atoms with Gasteiger partial charge in [0, 0.05) is 18.2 Å². The molecule has 2 aromatic rings. The fourth-order valence-corrected chi connectivity index (χ4v) is 2.09. The SMILES string of the molecule is COc1cc(OC)cc(C(=O)NCCc2cc(F)ccc2F)c1. The molecule has 0 saturated heterocycles. The predicted octanol–water partition coefficient (Wildman–Crippen LogP) is 2.95. The number of carbonyl (C=O) groups excluding carboxylic acids is 1. The van der Waals surface area contributed by atoms with Gasteiger partial charge in [0.2, 0.25) is 0 Å². The van der Waals surface area contributed by atoms with E-state index in [1.54, 1.807) is 18.2 Å². The second-order valence-electron chi connectivity index (χ2n) is 4.84. The van der Waals surface area contributed by atoms with Crippen LogP contribution >= 0.6 is 0 Å². The predicted molar refractivity (Wildman–Crippen MR) is 81.9 cm³/mol. The number of carbonyl (C=O) groups is 1. The standard InChI is InChI=1S/C17H17F2NO3/c1-22-14-8-12(9-15(10-14)23-2)17(21)20-6-5-11-7-13(18)3-4-16(11)19/h3-4,7-10H,5-6H2,1-2H3,(H,20,21). The highest BCUT2D eigenvalue weighted by Gasteiger charge is 2.10. The van der Waals surface area contributed by atoms with Crippen LogP contribution in [-0.2, 0) is 6.42 Å². The fraction of sp³-hybridized carbons (Fsp3) is 0.235. The maximum absolute atomic E-state index is 13.5. The first-order valence-electron chi connectivity index (χ1n) is 6.98. The van der Waals surface area contributed by atoms with E-state index in [1.165, 1.54) is 14.2 Å². The lowest BCUT2D eigenvalue weighted by Gasteiger charge is -2.09. The lowest BCUT2D eigenvalue weighted by molar-refractivity contribution is 0.0953. The maximum atomic E-state index is 13.5. The van der Waals surface area contributed by atoms with Gasteiger partial charge in [-0.3, -0.25) is 4.79 Å². The van der Waals surface area contributed by atoms with Crippen molar-refractivity contribution in [1.29, 1.82) is 0 Å². The van der Waals surface area contributed by atoms with E-state index in [2.05, 4.69) is 5.32 Å². The summed E-state index contributed by atoms with van der Waals surface area (Å²) < 4.78 is 36.8. The van der Waals surface area contributed by atoms with Gasteiger partial charge in [-0.2, -0.15) is 0 Å². The molecule has 0 fully saturated rings. The molecule has 1 N–H and O–H groups in total. The Hall–Kier alpha value is -2.63. The number of hydrogen-bond acceptors (Lipinski definition) is 3. The van der Waals surface area contributed by atoms with Crippen LogP contribution in [0.4, 0.5) is 8.78 Å². The van der Waals surface area contributed by atoms with Gasteiger partial charge < -0.3 is 14.8 Å². The Balaban J connectivity index is 2.01. The largest absolute Gasteiger partial charge is 0.497 e. The number of methoxy groups -OCH3 is 2. The highest BCUT2D eigenvalue weighted by molar-refractivity contribution is 5.95. The van der Waals surface area contributed by atoms with Crippen molar-refractivity contribution in [1.82, 2.24) is 5.32 Å². The first-order chi connectivity index (χ1) is 11.0. The molecule has 0 aromatic heterocycles. The number of amides is 1. The van der Waals surface area contributed by atoms with E-state index in [9.17, 15) is 13.6 Å². The average Bonchev–Trinajstić information content (AvgIpc) is 2.57. The zero-order chi connectivity index (χ0) is 16.8. The summed E-state index contributed by atoms with van der Waals surface area (Å²) in [6.07, 6.45) is 0.191. The second-order valence-corrected chi connectivity index (χ2v) is 4.84. The van der Waals surface area contributed by atoms with Gasteiger partial charge in [-0.15, -0.1) is 0 Å². The summed E-state index contributed by atoms with van der Waals surface area (Å²) in [7, 11) is 2.98. The maximum Gasteiger partial charge on any atom is 0.251 e. The van der Waals surface area contributed by atoms with Crippen LogP contribution in [0.15, 0.2) is 36.4 Å². The Morgan fingerprint density at radius 1 is 1.04 bits per heavy atom. The number of hydrogen-bond donors (Lipinski definition) is 1. The topological polar surface area (TPSA) is 47.6 Å². The quantitative estimate of drug-likeness (QED) is 0.890. The van der Waals surface area contributed by atoms with Gasteiger partial charge in [0.25, 0.3) is 5.91 Å². The lowest BCUT2D eigenvalue weighted by atomic mass is 10.1. The summed E-state index contributed by atoms with van der Waals surface area (Å²) in [5, 5.41) is 2.66. The minimum absolute atomic E-state index is 0.179. The minimum atomic E-state index is -0.509. The number of rotatable bonds is 6. The molecule has 0 aliphatic carbocycles. The van der Waals surface area contributed by atoms with Crippen LogP contribution in [-0.4, -0.2) is 26.7 Å². The van der Waals surface area contributed by atoms with E-state index in [0.29, 0.717) is 17.1 Å². The summed E-state index contributed by atoms with van der Waals surface area (Å²) in [5.74, 6) is -0.371. The van der Waals surface area contributed by atoms with Crippen LogP contribution in [0, 0.1) is 11.6 Å².